The van der Waals surface area contributed by atoms with E-state index in [1.807, 2.05) is 0 Å². The van der Waals surface area contributed by atoms with Crippen molar-refractivity contribution in [3.63, 3.8) is 0 Å². The van der Waals surface area contributed by atoms with Gasteiger partial charge >= 0.3 is 0 Å². The van der Waals surface area contributed by atoms with Gasteiger partial charge in [-0.15, -0.1) is 0 Å². The van der Waals surface area contributed by atoms with Crippen LogP contribution in [0, 0.1) is 11.7 Å². The quantitative estimate of drug-likeness (QED) is 0.918. The Labute approximate surface area is 111 Å². The van der Waals surface area contributed by atoms with Crippen LogP contribution < -0.4 is 5.32 Å². The molecule has 1 aliphatic heterocycles. The SMILES string of the molecule is Fc1ccc(-c2nc(CCC3CCNC3)no2)cc1. The summed E-state index contributed by atoms with van der Waals surface area (Å²) >= 11 is 0. The van der Waals surface area contributed by atoms with E-state index in [9.17, 15) is 4.39 Å². The molecule has 0 saturated carbocycles. The summed E-state index contributed by atoms with van der Waals surface area (Å²) in [4.78, 5) is 4.35. The molecular formula is C14H16FN3O. The molecule has 1 unspecified atom stereocenters. The largest absolute Gasteiger partial charge is 0.334 e. The summed E-state index contributed by atoms with van der Waals surface area (Å²) in [7, 11) is 0. The van der Waals surface area contributed by atoms with Crippen molar-refractivity contribution in [2.45, 2.75) is 19.3 Å². The molecule has 1 aliphatic rings. The van der Waals surface area contributed by atoms with Crippen LogP contribution >= 0.6 is 0 Å². The fourth-order valence-corrected chi connectivity index (χ4v) is 2.36. The van der Waals surface area contributed by atoms with Gasteiger partial charge in [-0.3, -0.25) is 0 Å². The number of aromatic nitrogens is 2. The van der Waals surface area contributed by atoms with Crippen molar-refractivity contribution >= 4 is 0 Å². The van der Waals surface area contributed by atoms with Gasteiger partial charge in [0.15, 0.2) is 5.82 Å². The van der Waals surface area contributed by atoms with E-state index in [0.717, 1.165) is 37.3 Å². The van der Waals surface area contributed by atoms with E-state index in [4.69, 9.17) is 4.52 Å². The first-order valence-electron chi connectivity index (χ1n) is 6.60. The van der Waals surface area contributed by atoms with Gasteiger partial charge in [-0.25, -0.2) is 4.39 Å². The van der Waals surface area contributed by atoms with E-state index in [1.54, 1.807) is 12.1 Å². The molecule has 1 saturated heterocycles. The second kappa shape index (κ2) is 5.48. The Morgan fingerprint density at radius 1 is 1.32 bits per heavy atom. The van der Waals surface area contributed by atoms with Crippen molar-refractivity contribution in [1.82, 2.24) is 15.5 Å². The van der Waals surface area contributed by atoms with Gasteiger partial charge in [0.2, 0.25) is 0 Å². The predicted molar refractivity (Wildman–Crippen MR) is 69.0 cm³/mol. The van der Waals surface area contributed by atoms with Gasteiger partial charge in [0.05, 0.1) is 0 Å². The molecule has 1 aromatic carbocycles. The van der Waals surface area contributed by atoms with E-state index in [0.29, 0.717) is 11.8 Å². The van der Waals surface area contributed by atoms with Gasteiger partial charge in [-0.05, 0) is 56.1 Å². The number of nitrogens with zero attached hydrogens (tertiary/aromatic N) is 2. The minimum absolute atomic E-state index is 0.266. The molecule has 0 amide bonds. The Morgan fingerprint density at radius 2 is 2.16 bits per heavy atom. The molecule has 0 bridgehead atoms. The molecule has 0 spiro atoms. The maximum absolute atomic E-state index is 12.8. The van der Waals surface area contributed by atoms with Crippen molar-refractivity contribution in [3.05, 3.63) is 35.9 Å². The summed E-state index contributed by atoms with van der Waals surface area (Å²) < 4.78 is 18.0. The highest BCUT2D eigenvalue weighted by molar-refractivity contribution is 5.52. The summed E-state index contributed by atoms with van der Waals surface area (Å²) in [6.45, 7) is 2.19. The summed E-state index contributed by atoms with van der Waals surface area (Å²) in [5, 5.41) is 7.32. The Balaban J connectivity index is 1.63. The Hall–Kier alpha value is -1.75. The van der Waals surface area contributed by atoms with Gasteiger partial charge in [0.25, 0.3) is 5.89 Å². The van der Waals surface area contributed by atoms with Crippen molar-refractivity contribution in [2.24, 2.45) is 5.92 Å². The van der Waals surface area contributed by atoms with Gasteiger partial charge < -0.3 is 9.84 Å². The van der Waals surface area contributed by atoms with E-state index in [-0.39, 0.29) is 5.82 Å². The normalized spacial score (nSPS) is 18.9. The lowest BCUT2D eigenvalue weighted by molar-refractivity contribution is 0.417. The topological polar surface area (TPSA) is 51.0 Å². The van der Waals surface area contributed by atoms with E-state index < -0.39 is 0 Å². The molecule has 5 heteroatoms. The molecule has 3 rings (SSSR count). The first-order chi connectivity index (χ1) is 9.31. The lowest BCUT2D eigenvalue weighted by Crippen LogP contribution is -2.09. The molecule has 1 N–H and O–H groups in total. The average molecular weight is 261 g/mol. The Kier molecular flexibility index (Phi) is 3.55. The summed E-state index contributed by atoms with van der Waals surface area (Å²) in [5.74, 6) is 1.63. The van der Waals surface area contributed by atoms with Crippen molar-refractivity contribution < 1.29 is 8.91 Å². The van der Waals surface area contributed by atoms with E-state index >= 15 is 0 Å². The molecule has 0 aliphatic carbocycles. The standard InChI is InChI=1S/C14H16FN3O/c15-12-4-2-11(3-5-12)14-17-13(18-19-14)6-1-10-7-8-16-9-10/h2-5,10,16H,1,6-9H2. The molecule has 0 radical (unpaired) electrons. The van der Waals surface area contributed by atoms with Crippen molar-refractivity contribution in [3.8, 4) is 11.5 Å². The maximum Gasteiger partial charge on any atom is 0.257 e. The number of halogens is 1. The van der Waals surface area contributed by atoms with E-state index in [1.165, 1.54) is 18.6 Å². The van der Waals surface area contributed by atoms with Crippen LogP contribution in [0.5, 0.6) is 0 Å². The summed E-state index contributed by atoms with van der Waals surface area (Å²) in [6.07, 6.45) is 3.13. The zero-order chi connectivity index (χ0) is 13.1. The zero-order valence-electron chi connectivity index (χ0n) is 10.6. The molecule has 1 atom stereocenters. The highest BCUT2D eigenvalue weighted by Gasteiger charge is 2.16. The average Bonchev–Trinajstić information content (AvgIpc) is 3.09. The molecule has 19 heavy (non-hydrogen) atoms. The molecule has 2 heterocycles. The molecule has 1 fully saturated rings. The lowest BCUT2D eigenvalue weighted by atomic mass is 10.0. The van der Waals surface area contributed by atoms with Gasteiger partial charge in [0, 0.05) is 12.0 Å². The fraction of sp³-hybridized carbons (Fsp3) is 0.429. The number of nitrogens with one attached hydrogen (secondary N) is 1. The zero-order valence-corrected chi connectivity index (χ0v) is 10.6. The van der Waals surface area contributed by atoms with Gasteiger partial charge in [-0.2, -0.15) is 4.98 Å². The van der Waals surface area contributed by atoms with E-state index in [2.05, 4.69) is 15.5 Å². The van der Waals surface area contributed by atoms with Crippen LogP contribution in [0.2, 0.25) is 0 Å². The molecule has 1 aromatic heterocycles. The second-order valence-electron chi connectivity index (χ2n) is 4.92. The van der Waals surface area contributed by atoms with Crippen LogP contribution in [0.25, 0.3) is 11.5 Å². The van der Waals surface area contributed by atoms with Crippen LogP contribution in [-0.4, -0.2) is 23.2 Å². The number of benzene rings is 1. The highest BCUT2D eigenvalue weighted by Crippen LogP contribution is 2.19. The summed E-state index contributed by atoms with van der Waals surface area (Å²) in [6, 6.07) is 6.08. The number of rotatable bonds is 4. The number of hydrogen-bond donors (Lipinski definition) is 1. The third-order valence-corrected chi connectivity index (χ3v) is 3.50. The minimum Gasteiger partial charge on any atom is -0.334 e. The van der Waals surface area contributed by atoms with Crippen LogP contribution in [0.15, 0.2) is 28.8 Å². The van der Waals surface area contributed by atoms with Gasteiger partial charge in [0.1, 0.15) is 5.82 Å². The Bertz CT molecular complexity index is 532. The smallest absolute Gasteiger partial charge is 0.257 e. The molecule has 2 aromatic rings. The molecular weight excluding hydrogens is 245 g/mol. The lowest BCUT2D eigenvalue weighted by Gasteiger charge is -2.04. The summed E-state index contributed by atoms with van der Waals surface area (Å²) in [5.41, 5.74) is 0.752. The third-order valence-electron chi connectivity index (χ3n) is 3.50. The van der Waals surface area contributed by atoms with Crippen molar-refractivity contribution in [2.75, 3.05) is 13.1 Å². The number of aryl methyl sites for hydroxylation is 1. The monoisotopic (exact) mass is 261 g/mol. The minimum atomic E-state index is -0.266. The van der Waals surface area contributed by atoms with Crippen LogP contribution in [-0.2, 0) is 6.42 Å². The first kappa shape index (κ1) is 12.3. The number of hydrogen-bond acceptors (Lipinski definition) is 4. The Morgan fingerprint density at radius 3 is 2.89 bits per heavy atom. The van der Waals surface area contributed by atoms with Crippen LogP contribution in [0.4, 0.5) is 4.39 Å². The van der Waals surface area contributed by atoms with Crippen LogP contribution in [0.1, 0.15) is 18.7 Å². The highest BCUT2D eigenvalue weighted by atomic mass is 19.1. The maximum atomic E-state index is 12.8. The van der Waals surface area contributed by atoms with Crippen molar-refractivity contribution in [1.29, 1.82) is 0 Å². The fourth-order valence-electron chi connectivity index (χ4n) is 2.36. The van der Waals surface area contributed by atoms with Gasteiger partial charge in [-0.1, -0.05) is 5.16 Å². The molecule has 4 nitrogen and oxygen atoms in total. The second-order valence-corrected chi connectivity index (χ2v) is 4.92. The third kappa shape index (κ3) is 2.98. The molecule has 100 valence electrons. The predicted octanol–water partition coefficient (Wildman–Crippen LogP) is 2.42. The van der Waals surface area contributed by atoms with Crippen LogP contribution in [0.3, 0.4) is 0 Å². The first-order valence-corrected chi connectivity index (χ1v) is 6.60.